The number of carbonyl (C=O) groups is 5. The lowest BCUT2D eigenvalue weighted by molar-refractivity contribution is 0.0556. The molecule has 9 nitrogen and oxygen atoms in total. The van der Waals surface area contributed by atoms with Gasteiger partial charge in [0.15, 0.2) is 5.78 Å². The average molecular weight is 575 g/mol. The Morgan fingerprint density at radius 2 is 1.14 bits per heavy atom. The van der Waals surface area contributed by atoms with Crippen LogP contribution in [0.2, 0.25) is 0 Å². The average Bonchev–Trinajstić information content (AvgIpc) is 3.39. The van der Waals surface area contributed by atoms with E-state index in [0.717, 1.165) is 61.3 Å². The summed E-state index contributed by atoms with van der Waals surface area (Å²) in [5.41, 5.74) is 10.4. The molecule has 2 aromatic rings. The van der Waals surface area contributed by atoms with E-state index in [1.807, 2.05) is 0 Å². The fraction of sp³-hybridized carbons (Fsp3) is 0.485. The minimum absolute atomic E-state index is 0.143. The monoisotopic (exact) mass is 574 g/mol. The lowest BCUT2D eigenvalue weighted by Gasteiger charge is -2.22. The molecule has 0 aliphatic carbocycles. The fourth-order valence-corrected chi connectivity index (χ4v) is 5.58. The van der Waals surface area contributed by atoms with Gasteiger partial charge in [0.25, 0.3) is 23.6 Å². The molecule has 3 N–H and O–H groups in total. The zero-order valence-corrected chi connectivity index (χ0v) is 24.7. The highest BCUT2D eigenvalue weighted by atomic mass is 16.2. The van der Waals surface area contributed by atoms with Crippen LogP contribution in [0.15, 0.2) is 36.4 Å². The number of hydrogen-bond acceptors (Lipinski definition) is 7. The topological polar surface area (TPSA) is 130 Å². The van der Waals surface area contributed by atoms with Crippen molar-refractivity contribution in [1.29, 1.82) is 0 Å². The molecule has 0 aromatic heterocycles. The second-order valence-corrected chi connectivity index (χ2v) is 11.2. The molecule has 2 aliphatic rings. The minimum atomic E-state index is -0.726. The summed E-state index contributed by atoms with van der Waals surface area (Å²) in [6.07, 6.45) is 11.5. The van der Waals surface area contributed by atoms with E-state index in [1.165, 1.54) is 55.7 Å². The van der Waals surface area contributed by atoms with E-state index in [9.17, 15) is 24.0 Å². The molecule has 0 saturated heterocycles. The van der Waals surface area contributed by atoms with Gasteiger partial charge in [0.05, 0.1) is 28.4 Å². The van der Waals surface area contributed by atoms with Crippen LogP contribution in [0.25, 0.3) is 0 Å². The lowest BCUT2D eigenvalue weighted by atomic mass is 9.96. The van der Waals surface area contributed by atoms with Gasteiger partial charge in [0, 0.05) is 17.7 Å². The SMILES string of the molecule is CCCCCCCCNN1C(=O)c2ccc(C(=O)c3ccc4c(c3)C(=O)N(C(N)CCCCCCC)C4=O)cc2C1=O. The summed E-state index contributed by atoms with van der Waals surface area (Å²) in [5.74, 6) is -2.32. The van der Waals surface area contributed by atoms with Crippen LogP contribution in [0.4, 0.5) is 0 Å². The van der Waals surface area contributed by atoms with Crippen molar-refractivity contribution in [2.24, 2.45) is 5.73 Å². The zero-order chi connectivity index (χ0) is 30.2. The number of unbranched alkanes of at least 4 members (excludes halogenated alkanes) is 9. The van der Waals surface area contributed by atoms with E-state index < -0.39 is 35.6 Å². The third-order valence-corrected chi connectivity index (χ3v) is 8.06. The first-order valence-electron chi connectivity index (χ1n) is 15.4. The number of nitrogens with two attached hydrogens (primary N) is 1. The summed E-state index contributed by atoms with van der Waals surface area (Å²) in [7, 11) is 0. The Morgan fingerprint density at radius 3 is 1.76 bits per heavy atom. The first-order chi connectivity index (χ1) is 20.3. The van der Waals surface area contributed by atoms with Gasteiger partial charge in [0.2, 0.25) is 0 Å². The predicted octanol–water partition coefficient (Wildman–Crippen LogP) is 5.62. The maximum atomic E-state index is 13.4. The number of rotatable bonds is 17. The highest BCUT2D eigenvalue weighted by Crippen LogP contribution is 2.28. The Hall–Kier alpha value is -3.69. The highest BCUT2D eigenvalue weighted by molar-refractivity contribution is 6.24. The van der Waals surface area contributed by atoms with Crippen LogP contribution in [0, 0.1) is 0 Å². The summed E-state index contributed by atoms with van der Waals surface area (Å²) in [4.78, 5) is 66.5. The Morgan fingerprint density at radius 1 is 0.667 bits per heavy atom. The molecule has 224 valence electrons. The largest absolute Gasteiger partial charge is 0.311 e. The smallest absolute Gasteiger partial charge is 0.276 e. The highest BCUT2D eigenvalue weighted by Gasteiger charge is 2.39. The van der Waals surface area contributed by atoms with Crippen LogP contribution in [0.3, 0.4) is 0 Å². The van der Waals surface area contributed by atoms with Gasteiger partial charge >= 0.3 is 0 Å². The van der Waals surface area contributed by atoms with Gasteiger partial charge in [-0.15, -0.1) is 0 Å². The van der Waals surface area contributed by atoms with E-state index in [0.29, 0.717) is 13.0 Å². The Bertz CT molecular complexity index is 1350. The van der Waals surface area contributed by atoms with Crippen LogP contribution in [0.1, 0.15) is 148 Å². The molecule has 2 aromatic carbocycles. The van der Waals surface area contributed by atoms with Crippen molar-refractivity contribution in [3.8, 4) is 0 Å². The standard InChI is InChI=1S/C33H42N4O5/c1-3-5-7-9-11-13-19-35-37-32(41)25-18-16-23(21-27(25)33(37)42)29(38)22-15-17-24-26(20-22)31(40)36(30(24)39)28(34)14-12-10-8-6-4-2/h15-18,20-21,28,35H,3-14,19,34H2,1-2H3. The van der Waals surface area contributed by atoms with E-state index >= 15 is 0 Å². The van der Waals surface area contributed by atoms with Gasteiger partial charge in [0.1, 0.15) is 0 Å². The summed E-state index contributed by atoms with van der Waals surface area (Å²) in [5, 5.41) is 1.02. The second kappa shape index (κ2) is 14.5. The van der Waals surface area contributed by atoms with Crippen molar-refractivity contribution < 1.29 is 24.0 Å². The number of benzene rings is 2. The number of ketones is 1. The first-order valence-corrected chi connectivity index (χ1v) is 15.4. The number of amides is 4. The summed E-state index contributed by atoms with van der Waals surface area (Å²) >= 11 is 0. The molecule has 4 rings (SSSR count). The van der Waals surface area contributed by atoms with Gasteiger partial charge in [-0.1, -0.05) is 90.2 Å². The van der Waals surface area contributed by atoms with Crippen molar-refractivity contribution in [2.75, 3.05) is 6.54 Å². The number of nitrogens with one attached hydrogen (secondary N) is 1. The van der Waals surface area contributed by atoms with Gasteiger partial charge < -0.3 is 5.73 Å². The molecule has 42 heavy (non-hydrogen) atoms. The van der Waals surface area contributed by atoms with E-state index in [1.54, 1.807) is 0 Å². The maximum absolute atomic E-state index is 13.4. The van der Waals surface area contributed by atoms with Crippen molar-refractivity contribution in [2.45, 2.75) is 97.1 Å². The quantitative estimate of drug-likeness (QED) is 0.142. The van der Waals surface area contributed by atoms with Gasteiger partial charge in [-0.05, 0) is 37.1 Å². The first kappa shape index (κ1) is 31.3. The van der Waals surface area contributed by atoms with Gasteiger partial charge in [-0.3, -0.25) is 28.9 Å². The van der Waals surface area contributed by atoms with Gasteiger partial charge in [-0.25, -0.2) is 10.4 Å². The van der Waals surface area contributed by atoms with Crippen LogP contribution < -0.4 is 11.2 Å². The number of fused-ring (bicyclic) bond motifs is 2. The molecule has 0 spiro atoms. The third-order valence-electron chi connectivity index (χ3n) is 8.06. The van der Waals surface area contributed by atoms with Crippen LogP contribution in [-0.2, 0) is 0 Å². The number of nitrogens with zero attached hydrogens (tertiary/aromatic N) is 2. The van der Waals surface area contributed by atoms with E-state index in [-0.39, 0.29) is 33.4 Å². The summed E-state index contributed by atoms with van der Waals surface area (Å²) in [6.45, 7) is 4.81. The van der Waals surface area contributed by atoms with Crippen molar-refractivity contribution in [3.63, 3.8) is 0 Å². The molecular weight excluding hydrogens is 532 g/mol. The molecule has 0 saturated carbocycles. The summed E-state index contributed by atoms with van der Waals surface area (Å²) in [6, 6.07) is 8.81. The molecule has 0 fully saturated rings. The fourth-order valence-electron chi connectivity index (χ4n) is 5.58. The van der Waals surface area contributed by atoms with E-state index in [2.05, 4.69) is 19.3 Å². The van der Waals surface area contributed by atoms with E-state index in [4.69, 9.17) is 5.73 Å². The molecule has 9 heteroatoms. The number of hydrogen-bond donors (Lipinski definition) is 2. The van der Waals surface area contributed by atoms with Gasteiger partial charge in [-0.2, -0.15) is 0 Å². The zero-order valence-electron chi connectivity index (χ0n) is 24.7. The Labute approximate surface area is 247 Å². The molecule has 0 bridgehead atoms. The molecule has 4 amide bonds. The molecule has 1 unspecified atom stereocenters. The third kappa shape index (κ3) is 6.68. The second-order valence-electron chi connectivity index (χ2n) is 11.2. The van der Waals surface area contributed by atoms with Crippen molar-refractivity contribution in [3.05, 3.63) is 69.8 Å². The molecule has 1 atom stereocenters. The van der Waals surface area contributed by atoms with Crippen molar-refractivity contribution >= 4 is 29.4 Å². The predicted molar refractivity (Wildman–Crippen MR) is 160 cm³/mol. The maximum Gasteiger partial charge on any atom is 0.276 e. The van der Waals surface area contributed by atoms with Crippen LogP contribution in [-0.4, -0.2) is 52.0 Å². The number of imide groups is 2. The molecule has 0 radical (unpaired) electrons. The Balaban J connectivity index is 1.41. The van der Waals surface area contributed by atoms with Crippen molar-refractivity contribution in [1.82, 2.24) is 15.3 Å². The number of carbonyl (C=O) groups excluding carboxylic acids is 5. The molecular formula is C33H42N4O5. The van der Waals surface area contributed by atoms with Crippen LogP contribution >= 0.6 is 0 Å². The molecule has 2 heterocycles. The number of hydrazine groups is 1. The minimum Gasteiger partial charge on any atom is -0.311 e. The van der Waals surface area contributed by atoms with Crippen LogP contribution in [0.5, 0.6) is 0 Å². The Kier molecular flexibility index (Phi) is 10.8. The summed E-state index contributed by atoms with van der Waals surface area (Å²) < 4.78 is 0. The normalized spacial score (nSPS) is 15.0. The molecule has 2 aliphatic heterocycles. The lowest BCUT2D eigenvalue weighted by Crippen LogP contribution is -2.45.